The van der Waals surface area contributed by atoms with Crippen LogP contribution in [0.1, 0.15) is 19.4 Å². The number of rotatable bonds is 3. The molecule has 1 heterocycles. The summed E-state index contributed by atoms with van der Waals surface area (Å²) < 4.78 is 1.88. The smallest absolute Gasteiger partial charge is 0.0645 e. The van der Waals surface area contributed by atoms with Crippen molar-refractivity contribution in [2.45, 2.75) is 19.3 Å². The lowest BCUT2D eigenvalue weighted by molar-refractivity contribution is 0.539. The molecule has 0 radical (unpaired) electrons. The highest BCUT2D eigenvalue weighted by molar-refractivity contribution is 5.32. The maximum Gasteiger partial charge on any atom is 0.0645 e. The minimum atomic E-state index is -0.0208. The van der Waals surface area contributed by atoms with Gasteiger partial charge in [-0.1, -0.05) is 32.0 Å². The third-order valence-corrected chi connectivity index (χ3v) is 2.90. The number of nitrogens with two attached hydrogens (primary N) is 1. The molecule has 84 valence electrons. The van der Waals surface area contributed by atoms with Crippen LogP contribution in [0.2, 0.25) is 0 Å². The van der Waals surface area contributed by atoms with Gasteiger partial charge >= 0.3 is 0 Å². The van der Waals surface area contributed by atoms with Crippen LogP contribution in [-0.4, -0.2) is 16.3 Å². The fraction of sp³-hybridized carbons (Fsp3) is 0.308. The van der Waals surface area contributed by atoms with Crippen LogP contribution in [0.5, 0.6) is 0 Å². The van der Waals surface area contributed by atoms with E-state index in [9.17, 15) is 0 Å². The van der Waals surface area contributed by atoms with Crippen molar-refractivity contribution in [1.29, 1.82) is 0 Å². The molecule has 0 bridgehead atoms. The van der Waals surface area contributed by atoms with Crippen molar-refractivity contribution >= 4 is 0 Å². The summed E-state index contributed by atoms with van der Waals surface area (Å²) in [5.41, 5.74) is 7.96. The fourth-order valence-electron chi connectivity index (χ4n) is 1.51. The highest BCUT2D eigenvalue weighted by atomic mass is 15.3. The molecule has 0 saturated heterocycles. The Balaban J connectivity index is 2.34. The lowest BCUT2D eigenvalue weighted by atomic mass is 9.87. The summed E-state index contributed by atoms with van der Waals surface area (Å²) in [6.45, 7) is 4.87. The minimum absolute atomic E-state index is 0.0208. The van der Waals surface area contributed by atoms with E-state index in [1.807, 2.05) is 47.4 Å². The van der Waals surface area contributed by atoms with Gasteiger partial charge in [-0.3, -0.25) is 0 Å². The number of hydrogen-bond donors (Lipinski definition) is 1. The molecule has 0 aliphatic heterocycles. The lowest BCUT2D eigenvalue weighted by Gasteiger charge is -2.19. The van der Waals surface area contributed by atoms with Gasteiger partial charge in [-0.15, -0.1) is 0 Å². The summed E-state index contributed by atoms with van der Waals surface area (Å²) in [5, 5.41) is 4.36. The van der Waals surface area contributed by atoms with Gasteiger partial charge in [0.05, 0.1) is 11.9 Å². The molecule has 1 aromatic heterocycles. The first-order chi connectivity index (χ1) is 7.63. The van der Waals surface area contributed by atoms with Crippen LogP contribution in [0.25, 0.3) is 5.69 Å². The topological polar surface area (TPSA) is 43.8 Å². The molecule has 0 saturated carbocycles. The van der Waals surface area contributed by atoms with Crippen LogP contribution in [0.4, 0.5) is 0 Å². The van der Waals surface area contributed by atoms with Crippen LogP contribution in [0, 0.1) is 0 Å². The van der Waals surface area contributed by atoms with E-state index in [0.29, 0.717) is 6.54 Å². The Morgan fingerprint density at radius 3 is 2.56 bits per heavy atom. The molecule has 3 heteroatoms. The van der Waals surface area contributed by atoms with Gasteiger partial charge in [-0.2, -0.15) is 5.10 Å². The quantitative estimate of drug-likeness (QED) is 0.852. The summed E-state index contributed by atoms with van der Waals surface area (Å²) in [4.78, 5) is 0. The Morgan fingerprint density at radius 1 is 1.25 bits per heavy atom. The molecule has 16 heavy (non-hydrogen) atoms. The molecule has 0 spiro atoms. The molecule has 0 amide bonds. The molecule has 2 aromatic rings. The summed E-state index contributed by atoms with van der Waals surface area (Å²) in [6, 6.07) is 10.1. The molecule has 0 aliphatic rings. The zero-order chi connectivity index (χ0) is 11.6. The average molecular weight is 215 g/mol. The molecular weight excluding hydrogens is 198 g/mol. The molecule has 2 N–H and O–H groups in total. The lowest BCUT2D eigenvalue weighted by Crippen LogP contribution is -2.27. The van der Waals surface area contributed by atoms with E-state index in [-0.39, 0.29) is 5.41 Å². The van der Waals surface area contributed by atoms with Crippen molar-refractivity contribution in [3.05, 3.63) is 48.3 Å². The van der Waals surface area contributed by atoms with Crippen LogP contribution < -0.4 is 5.73 Å². The third-order valence-electron chi connectivity index (χ3n) is 2.90. The van der Waals surface area contributed by atoms with Crippen LogP contribution in [0.15, 0.2) is 42.7 Å². The normalized spacial score (nSPS) is 11.7. The van der Waals surface area contributed by atoms with E-state index in [4.69, 9.17) is 5.73 Å². The van der Waals surface area contributed by atoms with Gasteiger partial charge in [-0.05, 0) is 17.7 Å². The van der Waals surface area contributed by atoms with Crippen molar-refractivity contribution in [3.63, 3.8) is 0 Å². The minimum Gasteiger partial charge on any atom is -0.330 e. The van der Waals surface area contributed by atoms with Crippen LogP contribution in [-0.2, 0) is 5.41 Å². The molecule has 0 unspecified atom stereocenters. The highest BCUT2D eigenvalue weighted by Crippen LogP contribution is 2.21. The van der Waals surface area contributed by atoms with Crippen molar-refractivity contribution in [2.75, 3.05) is 6.54 Å². The van der Waals surface area contributed by atoms with Crippen molar-refractivity contribution in [1.82, 2.24) is 9.78 Å². The zero-order valence-corrected chi connectivity index (χ0v) is 9.72. The molecule has 3 nitrogen and oxygen atoms in total. The number of para-hydroxylation sites is 1. The van der Waals surface area contributed by atoms with E-state index in [1.165, 1.54) is 5.56 Å². The Morgan fingerprint density at radius 2 is 1.94 bits per heavy atom. The largest absolute Gasteiger partial charge is 0.330 e. The van der Waals surface area contributed by atoms with Gasteiger partial charge in [0.25, 0.3) is 0 Å². The van der Waals surface area contributed by atoms with E-state index < -0.39 is 0 Å². The standard InChI is InChI=1S/C13H17N3/c1-13(2,10-14)11-8-15-16(9-11)12-6-4-3-5-7-12/h3-9H,10,14H2,1-2H3. The molecule has 1 aromatic carbocycles. The first-order valence-electron chi connectivity index (χ1n) is 5.44. The van der Waals surface area contributed by atoms with Crippen molar-refractivity contribution in [3.8, 4) is 5.69 Å². The highest BCUT2D eigenvalue weighted by Gasteiger charge is 2.20. The maximum atomic E-state index is 5.75. The first-order valence-corrected chi connectivity index (χ1v) is 5.44. The molecule has 0 atom stereocenters. The number of benzene rings is 1. The van der Waals surface area contributed by atoms with Gasteiger partial charge in [0.1, 0.15) is 0 Å². The summed E-state index contributed by atoms with van der Waals surface area (Å²) in [5.74, 6) is 0. The molecule has 2 rings (SSSR count). The Bertz CT molecular complexity index is 457. The van der Waals surface area contributed by atoms with Gasteiger partial charge in [0.2, 0.25) is 0 Å². The maximum absolute atomic E-state index is 5.75. The fourth-order valence-corrected chi connectivity index (χ4v) is 1.51. The number of aromatic nitrogens is 2. The summed E-state index contributed by atoms with van der Waals surface area (Å²) in [6.07, 6.45) is 3.93. The van der Waals surface area contributed by atoms with Gasteiger partial charge in [0.15, 0.2) is 0 Å². The Labute approximate surface area is 95.9 Å². The Kier molecular flexibility index (Phi) is 2.79. The van der Waals surface area contributed by atoms with E-state index in [2.05, 4.69) is 18.9 Å². The first kappa shape index (κ1) is 10.9. The SMILES string of the molecule is CC(C)(CN)c1cnn(-c2ccccc2)c1. The zero-order valence-electron chi connectivity index (χ0n) is 9.72. The molecular formula is C13H17N3. The van der Waals surface area contributed by atoms with Crippen LogP contribution >= 0.6 is 0 Å². The third kappa shape index (κ3) is 1.99. The second kappa shape index (κ2) is 4.10. The predicted molar refractivity (Wildman–Crippen MR) is 65.6 cm³/mol. The molecule has 0 fully saturated rings. The average Bonchev–Trinajstić information content (AvgIpc) is 2.80. The van der Waals surface area contributed by atoms with Crippen molar-refractivity contribution < 1.29 is 0 Å². The summed E-state index contributed by atoms with van der Waals surface area (Å²) >= 11 is 0. The van der Waals surface area contributed by atoms with Gasteiger partial charge < -0.3 is 5.73 Å². The summed E-state index contributed by atoms with van der Waals surface area (Å²) in [7, 11) is 0. The van der Waals surface area contributed by atoms with E-state index >= 15 is 0 Å². The number of nitrogens with zero attached hydrogens (tertiary/aromatic N) is 2. The predicted octanol–water partition coefficient (Wildman–Crippen LogP) is 2.11. The molecule has 0 aliphatic carbocycles. The number of hydrogen-bond acceptors (Lipinski definition) is 2. The van der Waals surface area contributed by atoms with Crippen molar-refractivity contribution in [2.24, 2.45) is 5.73 Å². The Hall–Kier alpha value is -1.61. The second-order valence-corrected chi connectivity index (χ2v) is 4.60. The monoisotopic (exact) mass is 215 g/mol. The van der Waals surface area contributed by atoms with E-state index in [1.54, 1.807) is 0 Å². The van der Waals surface area contributed by atoms with Gasteiger partial charge in [-0.25, -0.2) is 4.68 Å². The second-order valence-electron chi connectivity index (χ2n) is 4.60. The van der Waals surface area contributed by atoms with Crippen LogP contribution in [0.3, 0.4) is 0 Å². The van der Waals surface area contributed by atoms with Gasteiger partial charge in [0, 0.05) is 18.2 Å². The van der Waals surface area contributed by atoms with E-state index in [0.717, 1.165) is 5.69 Å².